The average Bonchev–Trinajstić information content (AvgIpc) is 3.13. The predicted octanol–water partition coefficient (Wildman–Crippen LogP) is 2.33. The van der Waals surface area contributed by atoms with Crippen molar-refractivity contribution in [2.45, 2.75) is 13.3 Å². The van der Waals surface area contributed by atoms with Crippen molar-refractivity contribution in [3.8, 4) is 5.75 Å². The molecule has 168 valence electrons. The van der Waals surface area contributed by atoms with Crippen LogP contribution in [0.3, 0.4) is 0 Å². The largest absolute Gasteiger partial charge is 0.495 e. The summed E-state index contributed by atoms with van der Waals surface area (Å²) in [4.78, 5) is 49.0. The average molecular weight is 460 g/mol. The van der Waals surface area contributed by atoms with Gasteiger partial charge in [0.2, 0.25) is 5.91 Å². The monoisotopic (exact) mass is 459 g/mol. The lowest BCUT2D eigenvalue weighted by Gasteiger charge is -2.17. The number of hydrogen-bond acceptors (Lipinski definition) is 6. The second kappa shape index (κ2) is 10.1. The van der Waals surface area contributed by atoms with Gasteiger partial charge in [-0.1, -0.05) is 29.3 Å². The standard InChI is InChI=1S/C22H22ClN3O6/c1-13-3-5-14(6-4-13)21(29)25-26-11-15(9-20(26)28)22(30)32-12-19(27)24-17-10-16(23)7-8-18(17)31-2/h3-8,10,15H,9,11-12H2,1-2H3,(H,24,27)(H,25,29)/t15-/m0/s1. The van der Waals surface area contributed by atoms with Gasteiger partial charge in [0.15, 0.2) is 6.61 Å². The van der Waals surface area contributed by atoms with Crippen molar-refractivity contribution in [3.63, 3.8) is 0 Å². The lowest BCUT2D eigenvalue weighted by molar-refractivity contribution is -0.151. The third kappa shape index (κ3) is 5.76. The molecule has 0 bridgehead atoms. The Bertz CT molecular complexity index is 1040. The number of esters is 1. The van der Waals surface area contributed by atoms with Crippen molar-refractivity contribution in [2.24, 2.45) is 5.92 Å². The number of halogens is 1. The molecule has 3 rings (SSSR count). The summed E-state index contributed by atoms with van der Waals surface area (Å²) < 4.78 is 10.2. The van der Waals surface area contributed by atoms with E-state index in [4.69, 9.17) is 21.1 Å². The Labute approximate surface area is 189 Å². The molecular weight excluding hydrogens is 438 g/mol. The normalized spacial score (nSPS) is 15.3. The van der Waals surface area contributed by atoms with Gasteiger partial charge in [0.05, 0.1) is 25.3 Å². The predicted molar refractivity (Wildman–Crippen MR) is 116 cm³/mol. The molecule has 0 spiro atoms. The molecule has 1 heterocycles. The molecule has 3 amide bonds. The van der Waals surface area contributed by atoms with Crippen LogP contribution in [0.4, 0.5) is 5.69 Å². The van der Waals surface area contributed by atoms with Crippen LogP contribution in [0.15, 0.2) is 42.5 Å². The van der Waals surface area contributed by atoms with Crippen LogP contribution in [0.2, 0.25) is 5.02 Å². The topological polar surface area (TPSA) is 114 Å². The van der Waals surface area contributed by atoms with Gasteiger partial charge in [-0.3, -0.25) is 29.6 Å². The summed E-state index contributed by atoms with van der Waals surface area (Å²) in [5, 5.41) is 4.04. The van der Waals surface area contributed by atoms with Gasteiger partial charge in [-0.2, -0.15) is 0 Å². The molecule has 1 saturated heterocycles. The third-order valence-corrected chi connectivity index (χ3v) is 5.02. The molecule has 1 fully saturated rings. The summed E-state index contributed by atoms with van der Waals surface area (Å²) in [7, 11) is 1.44. The van der Waals surface area contributed by atoms with E-state index in [1.54, 1.807) is 36.4 Å². The third-order valence-electron chi connectivity index (χ3n) is 4.79. The Morgan fingerprint density at radius 3 is 2.56 bits per heavy atom. The molecule has 0 aliphatic carbocycles. The van der Waals surface area contributed by atoms with Gasteiger partial charge < -0.3 is 14.8 Å². The van der Waals surface area contributed by atoms with Crippen LogP contribution in [0, 0.1) is 12.8 Å². The lowest BCUT2D eigenvalue weighted by atomic mass is 10.1. The molecule has 0 saturated carbocycles. The van der Waals surface area contributed by atoms with Crippen LogP contribution in [-0.2, 0) is 19.1 Å². The van der Waals surface area contributed by atoms with E-state index in [1.807, 2.05) is 6.92 Å². The number of benzene rings is 2. The summed E-state index contributed by atoms with van der Waals surface area (Å²) in [5.74, 6) is -2.57. The van der Waals surface area contributed by atoms with E-state index in [9.17, 15) is 19.2 Å². The van der Waals surface area contributed by atoms with E-state index >= 15 is 0 Å². The summed E-state index contributed by atoms with van der Waals surface area (Å²) in [6, 6.07) is 11.6. The summed E-state index contributed by atoms with van der Waals surface area (Å²) in [6.45, 7) is 1.31. The number of nitrogens with one attached hydrogen (secondary N) is 2. The van der Waals surface area contributed by atoms with Crippen LogP contribution in [0.1, 0.15) is 22.3 Å². The van der Waals surface area contributed by atoms with Gasteiger partial charge >= 0.3 is 5.97 Å². The zero-order chi connectivity index (χ0) is 23.3. The van der Waals surface area contributed by atoms with E-state index in [1.165, 1.54) is 13.2 Å². The molecule has 2 aromatic carbocycles. The molecule has 0 aromatic heterocycles. The molecule has 1 aliphatic rings. The number of anilines is 1. The van der Waals surface area contributed by atoms with E-state index in [0.717, 1.165) is 10.6 Å². The van der Waals surface area contributed by atoms with Crippen molar-refractivity contribution < 1.29 is 28.7 Å². The Hall–Kier alpha value is -3.59. The molecule has 2 N–H and O–H groups in total. The van der Waals surface area contributed by atoms with Crippen LogP contribution >= 0.6 is 11.6 Å². The second-order valence-electron chi connectivity index (χ2n) is 7.21. The fourth-order valence-corrected chi connectivity index (χ4v) is 3.26. The Balaban J connectivity index is 1.50. The minimum Gasteiger partial charge on any atom is -0.495 e. The minimum atomic E-state index is -0.797. The van der Waals surface area contributed by atoms with E-state index < -0.39 is 36.2 Å². The summed E-state index contributed by atoms with van der Waals surface area (Å²) in [5.41, 5.74) is 4.22. The molecule has 0 unspecified atom stereocenters. The molecule has 1 aliphatic heterocycles. The van der Waals surface area contributed by atoms with Crippen molar-refractivity contribution in [3.05, 3.63) is 58.6 Å². The van der Waals surface area contributed by atoms with Crippen LogP contribution < -0.4 is 15.5 Å². The van der Waals surface area contributed by atoms with Gasteiger partial charge in [0.1, 0.15) is 5.75 Å². The highest BCUT2D eigenvalue weighted by molar-refractivity contribution is 6.31. The van der Waals surface area contributed by atoms with Crippen molar-refractivity contribution in [1.29, 1.82) is 0 Å². The number of aryl methyl sites for hydroxylation is 1. The maximum Gasteiger partial charge on any atom is 0.311 e. The summed E-state index contributed by atoms with van der Waals surface area (Å²) >= 11 is 5.92. The molecule has 9 nitrogen and oxygen atoms in total. The molecule has 0 radical (unpaired) electrons. The highest BCUT2D eigenvalue weighted by Crippen LogP contribution is 2.27. The van der Waals surface area contributed by atoms with Gasteiger partial charge in [-0.05, 0) is 37.3 Å². The lowest BCUT2D eigenvalue weighted by Crippen LogP contribution is -2.43. The SMILES string of the molecule is COc1ccc(Cl)cc1NC(=O)COC(=O)[C@H]1CC(=O)N(NC(=O)c2ccc(C)cc2)C1. The van der Waals surface area contributed by atoms with E-state index in [2.05, 4.69) is 10.7 Å². The minimum absolute atomic E-state index is 0.0427. The number of carbonyl (C=O) groups is 4. The van der Waals surface area contributed by atoms with Gasteiger partial charge in [0, 0.05) is 17.0 Å². The quantitative estimate of drug-likeness (QED) is 0.614. The summed E-state index contributed by atoms with van der Waals surface area (Å²) in [6.07, 6.45) is -0.128. The Kier molecular flexibility index (Phi) is 7.32. The number of amides is 3. The first-order valence-electron chi connectivity index (χ1n) is 9.75. The zero-order valence-corrected chi connectivity index (χ0v) is 18.3. The second-order valence-corrected chi connectivity index (χ2v) is 7.65. The first kappa shape index (κ1) is 23.1. The number of rotatable bonds is 7. The number of carbonyl (C=O) groups excluding carboxylic acids is 4. The number of nitrogens with zero attached hydrogens (tertiary/aromatic N) is 1. The molecule has 32 heavy (non-hydrogen) atoms. The van der Waals surface area contributed by atoms with Crippen LogP contribution in [0.25, 0.3) is 0 Å². The fraction of sp³-hybridized carbons (Fsp3) is 0.273. The zero-order valence-electron chi connectivity index (χ0n) is 17.5. The smallest absolute Gasteiger partial charge is 0.311 e. The van der Waals surface area contributed by atoms with Crippen molar-refractivity contribution in [1.82, 2.24) is 10.4 Å². The molecule has 10 heteroatoms. The number of hydrazine groups is 1. The number of ether oxygens (including phenoxy) is 2. The van der Waals surface area contributed by atoms with Gasteiger partial charge in [0.25, 0.3) is 11.8 Å². The van der Waals surface area contributed by atoms with Crippen LogP contribution in [-0.4, -0.2) is 49.0 Å². The van der Waals surface area contributed by atoms with Crippen LogP contribution in [0.5, 0.6) is 5.75 Å². The molecule has 1 atom stereocenters. The van der Waals surface area contributed by atoms with Gasteiger partial charge in [-0.15, -0.1) is 0 Å². The molecule has 2 aromatic rings. The van der Waals surface area contributed by atoms with E-state index in [-0.39, 0.29) is 13.0 Å². The number of hydrogen-bond donors (Lipinski definition) is 2. The van der Waals surface area contributed by atoms with Crippen molar-refractivity contribution >= 4 is 41.0 Å². The highest BCUT2D eigenvalue weighted by Gasteiger charge is 2.36. The molecular formula is C22H22ClN3O6. The maximum absolute atomic E-state index is 12.3. The fourth-order valence-electron chi connectivity index (χ4n) is 3.08. The number of methoxy groups -OCH3 is 1. The first-order valence-corrected chi connectivity index (χ1v) is 10.1. The van der Waals surface area contributed by atoms with E-state index in [0.29, 0.717) is 22.0 Å². The van der Waals surface area contributed by atoms with Gasteiger partial charge in [-0.25, -0.2) is 0 Å². The Morgan fingerprint density at radius 1 is 1.16 bits per heavy atom. The Morgan fingerprint density at radius 2 is 1.88 bits per heavy atom. The first-order chi connectivity index (χ1) is 15.3. The highest BCUT2D eigenvalue weighted by atomic mass is 35.5. The van der Waals surface area contributed by atoms with Crippen molar-refractivity contribution in [2.75, 3.05) is 25.6 Å². The maximum atomic E-state index is 12.3.